The van der Waals surface area contributed by atoms with Crippen LogP contribution in [0.1, 0.15) is 19.3 Å². The first kappa shape index (κ1) is 16.7. The molecule has 0 aliphatic carbocycles. The van der Waals surface area contributed by atoms with Gasteiger partial charge in [0.1, 0.15) is 0 Å². The number of hydrogen-bond donors (Lipinski definition) is 1. The first-order chi connectivity index (χ1) is 10.2. The molecule has 5 heteroatoms. The van der Waals surface area contributed by atoms with Gasteiger partial charge in [-0.15, -0.1) is 11.8 Å². The Balaban J connectivity index is 1.62. The Morgan fingerprint density at radius 2 is 2.19 bits per heavy atom. The normalized spacial score (nSPS) is 18.2. The number of nitrogens with zero attached hydrogens (tertiary/aromatic N) is 1. The second-order valence-electron chi connectivity index (χ2n) is 5.46. The number of nitrogens with one attached hydrogen (secondary N) is 1. The molecule has 2 rings (SSSR count). The highest BCUT2D eigenvalue weighted by Gasteiger charge is 2.24. The van der Waals surface area contributed by atoms with E-state index in [9.17, 15) is 4.79 Å². The molecule has 1 saturated heterocycles. The van der Waals surface area contributed by atoms with Gasteiger partial charge in [0.15, 0.2) is 0 Å². The van der Waals surface area contributed by atoms with Crippen molar-refractivity contribution in [3.05, 3.63) is 29.3 Å². The van der Waals surface area contributed by atoms with Crippen LogP contribution in [-0.4, -0.2) is 43.2 Å². The van der Waals surface area contributed by atoms with Crippen molar-refractivity contribution in [1.82, 2.24) is 10.2 Å². The van der Waals surface area contributed by atoms with Gasteiger partial charge in [-0.05, 0) is 62.4 Å². The molecule has 0 aromatic heterocycles. The molecule has 1 N–H and O–H groups in total. The molecule has 0 radical (unpaired) electrons. The molecule has 1 atom stereocenters. The minimum atomic E-state index is 0.310. The maximum absolute atomic E-state index is 12.1. The maximum atomic E-state index is 12.1. The molecule has 1 heterocycles. The maximum Gasteiger partial charge on any atom is 0.222 e. The Morgan fingerprint density at radius 1 is 1.43 bits per heavy atom. The van der Waals surface area contributed by atoms with Crippen LogP contribution in [0.5, 0.6) is 0 Å². The molecule has 0 bridgehead atoms. The third-order valence-corrected chi connectivity index (χ3v) is 5.10. The summed E-state index contributed by atoms with van der Waals surface area (Å²) in [4.78, 5) is 15.4. The van der Waals surface area contributed by atoms with E-state index >= 15 is 0 Å². The summed E-state index contributed by atoms with van der Waals surface area (Å²) in [6, 6.07) is 7.86. The van der Waals surface area contributed by atoms with E-state index in [1.807, 2.05) is 36.2 Å². The van der Waals surface area contributed by atoms with Gasteiger partial charge < -0.3 is 10.2 Å². The zero-order chi connectivity index (χ0) is 15.1. The average Bonchev–Trinajstić information content (AvgIpc) is 2.94. The SMILES string of the molecule is CNCC1CCN(C(=O)CCCSc2ccc(Cl)cc2)C1. The van der Waals surface area contributed by atoms with Crippen molar-refractivity contribution in [2.45, 2.75) is 24.2 Å². The van der Waals surface area contributed by atoms with E-state index in [0.717, 1.165) is 43.3 Å². The molecule has 3 nitrogen and oxygen atoms in total. The number of thioether (sulfide) groups is 1. The van der Waals surface area contributed by atoms with Crippen LogP contribution in [0.3, 0.4) is 0 Å². The number of carbonyl (C=O) groups is 1. The molecule has 1 fully saturated rings. The largest absolute Gasteiger partial charge is 0.342 e. The monoisotopic (exact) mass is 326 g/mol. The van der Waals surface area contributed by atoms with Gasteiger partial charge in [-0.1, -0.05) is 11.6 Å². The zero-order valence-corrected chi connectivity index (χ0v) is 14.1. The van der Waals surface area contributed by atoms with Crippen LogP contribution in [0.25, 0.3) is 0 Å². The minimum Gasteiger partial charge on any atom is -0.342 e. The molecule has 1 aliphatic heterocycles. The first-order valence-electron chi connectivity index (χ1n) is 7.50. The summed E-state index contributed by atoms with van der Waals surface area (Å²) >= 11 is 7.64. The third-order valence-electron chi connectivity index (χ3n) is 3.75. The third kappa shape index (κ3) is 5.53. The lowest BCUT2D eigenvalue weighted by Crippen LogP contribution is -2.30. The lowest BCUT2D eigenvalue weighted by Gasteiger charge is -2.16. The van der Waals surface area contributed by atoms with Crippen LogP contribution in [-0.2, 0) is 4.79 Å². The predicted molar refractivity (Wildman–Crippen MR) is 90.0 cm³/mol. The number of benzene rings is 1. The highest BCUT2D eigenvalue weighted by Crippen LogP contribution is 2.22. The van der Waals surface area contributed by atoms with Crippen LogP contribution in [0.15, 0.2) is 29.2 Å². The van der Waals surface area contributed by atoms with Crippen molar-refractivity contribution < 1.29 is 4.79 Å². The fourth-order valence-electron chi connectivity index (χ4n) is 2.62. The first-order valence-corrected chi connectivity index (χ1v) is 8.86. The minimum absolute atomic E-state index is 0.310. The molecule has 0 saturated carbocycles. The van der Waals surface area contributed by atoms with Gasteiger partial charge in [0, 0.05) is 29.4 Å². The van der Waals surface area contributed by atoms with Crippen LogP contribution >= 0.6 is 23.4 Å². The van der Waals surface area contributed by atoms with Crippen LogP contribution in [0.4, 0.5) is 0 Å². The summed E-state index contributed by atoms with van der Waals surface area (Å²) < 4.78 is 0. The fourth-order valence-corrected chi connectivity index (χ4v) is 3.60. The molecular weight excluding hydrogens is 304 g/mol. The molecular formula is C16H23ClN2OS. The zero-order valence-electron chi connectivity index (χ0n) is 12.5. The Labute approximate surface area is 136 Å². The van der Waals surface area contributed by atoms with Crippen molar-refractivity contribution in [3.8, 4) is 0 Å². The van der Waals surface area contributed by atoms with Gasteiger partial charge in [0.2, 0.25) is 5.91 Å². The summed E-state index contributed by atoms with van der Waals surface area (Å²) in [5.74, 6) is 1.91. The van der Waals surface area contributed by atoms with Crippen molar-refractivity contribution in [2.24, 2.45) is 5.92 Å². The summed E-state index contributed by atoms with van der Waals surface area (Å²) in [7, 11) is 1.97. The number of likely N-dealkylation sites (tertiary alicyclic amines) is 1. The van der Waals surface area contributed by atoms with E-state index in [1.54, 1.807) is 11.8 Å². The second-order valence-corrected chi connectivity index (χ2v) is 7.06. The Kier molecular flexibility index (Phi) is 6.87. The lowest BCUT2D eigenvalue weighted by atomic mass is 10.1. The van der Waals surface area contributed by atoms with Gasteiger partial charge in [-0.3, -0.25) is 4.79 Å². The molecule has 21 heavy (non-hydrogen) atoms. The number of carbonyl (C=O) groups excluding carboxylic acids is 1. The highest BCUT2D eigenvalue weighted by atomic mass is 35.5. The quantitative estimate of drug-likeness (QED) is 0.616. The number of halogens is 1. The van der Waals surface area contributed by atoms with Gasteiger partial charge >= 0.3 is 0 Å². The topological polar surface area (TPSA) is 32.3 Å². The predicted octanol–water partition coefficient (Wildman–Crippen LogP) is 3.28. The van der Waals surface area contributed by atoms with Crippen molar-refractivity contribution >= 4 is 29.3 Å². The molecule has 0 spiro atoms. The van der Waals surface area contributed by atoms with Crippen LogP contribution in [0, 0.1) is 5.92 Å². The van der Waals surface area contributed by atoms with E-state index in [0.29, 0.717) is 18.2 Å². The van der Waals surface area contributed by atoms with E-state index in [1.165, 1.54) is 4.90 Å². The van der Waals surface area contributed by atoms with Gasteiger partial charge in [0.05, 0.1) is 0 Å². The molecule has 1 aliphatic rings. The Bertz CT molecular complexity index is 452. The van der Waals surface area contributed by atoms with Gasteiger partial charge in [-0.2, -0.15) is 0 Å². The van der Waals surface area contributed by atoms with Crippen LogP contribution < -0.4 is 5.32 Å². The van der Waals surface area contributed by atoms with Crippen LogP contribution in [0.2, 0.25) is 5.02 Å². The Morgan fingerprint density at radius 3 is 2.90 bits per heavy atom. The lowest BCUT2D eigenvalue weighted by molar-refractivity contribution is -0.130. The number of rotatable bonds is 7. The summed E-state index contributed by atoms with van der Waals surface area (Å²) in [5, 5.41) is 3.96. The van der Waals surface area contributed by atoms with Crippen molar-refractivity contribution in [2.75, 3.05) is 32.4 Å². The van der Waals surface area contributed by atoms with E-state index < -0.39 is 0 Å². The summed E-state index contributed by atoms with van der Waals surface area (Å²) in [6.45, 7) is 2.86. The average molecular weight is 327 g/mol. The van der Waals surface area contributed by atoms with E-state index in [-0.39, 0.29) is 0 Å². The second kappa shape index (κ2) is 8.66. The number of amides is 1. The van der Waals surface area contributed by atoms with E-state index in [4.69, 9.17) is 11.6 Å². The summed E-state index contributed by atoms with van der Waals surface area (Å²) in [6.07, 6.45) is 2.72. The highest BCUT2D eigenvalue weighted by molar-refractivity contribution is 7.99. The van der Waals surface area contributed by atoms with Gasteiger partial charge in [-0.25, -0.2) is 0 Å². The molecule has 1 aromatic carbocycles. The standard InChI is InChI=1S/C16H23ClN2OS/c1-18-11-13-8-9-19(12-13)16(20)3-2-10-21-15-6-4-14(17)5-7-15/h4-7,13,18H,2-3,8-12H2,1H3. The molecule has 1 amide bonds. The molecule has 1 aromatic rings. The van der Waals surface area contributed by atoms with E-state index in [2.05, 4.69) is 5.32 Å². The summed E-state index contributed by atoms with van der Waals surface area (Å²) in [5.41, 5.74) is 0. The molecule has 116 valence electrons. The van der Waals surface area contributed by atoms with Gasteiger partial charge in [0.25, 0.3) is 0 Å². The number of hydrogen-bond acceptors (Lipinski definition) is 3. The van der Waals surface area contributed by atoms with Crippen molar-refractivity contribution in [3.63, 3.8) is 0 Å². The molecule has 1 unspecified atom stereocenters. The fraction of sp³-hybridized carbons (Fsp3) is 0.562. The smallest absolute Gasteiger partial charge is 0.222 e. The van der Waals surface area contributed by atoms with Crippen molar-refractivity contribution in [1.29, 1.82) is 0 Å². The Hall–Kier alpha value is -0.710.